The Kier molecular flexibility index (Phi) is 4.77. The summed E-state index contributed by atoms with van der Waals surface area (Å²) in [5.41, 5.74) is 4.52. The molecule has 0 heterocycles. The molecule has 3 rings (SSSR count). The molecule has 1 aliphatic rings. The van der Waals surface area contributed by atoms with Gasteiger partial charge in [0.15, 0.2) is 0 Å². The van der Waals surface area contributed by atoms with Crippen LogP contribution in [0, 0.1) is 0 Å². The topological polar surface area (TPSA) is 12.0 Å². The van der Waals surface area contributed by atoms with Gasteiger partial charge in [-0.3, -0.25) is 0 Å². The lowest BCUT2D eigenvalue weighted by atomic mass is 9.74. The van der Waals surface area contributed by atoms with E-state index in [-0.39, 0.29) is 0 Å². The molecule has 0 saturated carbocycles. The lowest BCUT2D eigenvalue weighted by Crippen LogP contribution is -2.35. The summed E-state index contributed by atoms with van der Waals surface area (Å²) >= 11 is 3.51. The van der Waals surface area contributed by atoms with Gasteiger partial charge >= 0.3 is 0 Å². The standard InChI is InChI=1S/C19H22BrN/c1-2-21-18(11-14-7-9-17(20)10-8-14)13-16-12-15-5-3-4-6-19(15)16/h3-10,16,18,21H,2,11-13H2,1H3. The normalized spacial score (nSPS) is 17.9. The minimum atomic E-state index is 0.564. The third kappa shape index (κ3) is 3.56. The maximum atomic E-state index is 3.66. The highest BCUT2D eigenvalue weighted by molar-refractivity contribution is 9.10. The van der Waals surface area contributed by atoms with E-state index in [1.54, 1.807) is 11.1 Å². The van der Waals surface area contributed by atoms with Crippen LogP contribution in [0.1, 0.15) is 36.0 Å². The molecular formula is C19H22BrN. The van der Waals surface area contributed by atoms with Crippen molar-refractivity contribution in [3.05, 3.63) is 69.7 Å². The van der Waals surface area contributed by atoms with E-state index in [1.165, 1.54) is 18.4 Å². The van der Waals surface area contributed by atoms with E-state index in [1.807, 2.05) is 0 Å². The summed E-state index contributed by atoms with van der Waals surface area (Å²) in [6.45, 7) is 3.23. The second kappa shape index (κ2) is 6.76. The summed E-state index contributed by atoms with van der Waals surface area (Å²) in [5.74, 6) is 0.737. The fourth-order valence-corrected chi connectivity index (χ4v) is 3.61. The number of halogens is 1. The molecule has 0 bridgehead atoms. The van der Waals surface area contributed by atoms with Gasteiger partial charge in [-0.25, -0.2) is 0 Å². The van der Waals surface area contributed by atoms with Crippen LogP contribution >= 0.6 is 15.9 Å². The van der Waals surface area contributed by atoms with E-state index in [9.17, 15) is 0 Å². The summed E-state index contributed by atoms with van der Waals surface area (Å²) < 4.78 is 1.15. The second-order valence-electron chi connectivity index (χ2n) is 5.92. The quantitative estimate of drug-likeness (QED) is 0.801. The van der Waals surface area contributed by atoms with Crippen LogP contribution < -0.4 is 5.32 Å². The molecule has 0 radical (unpaired) electrons. The van der Waals surface area contributed by atoms with E-state index >= 15 is 0 Å². The highest BCUT2D eigenvalue weighted by Crippen LogP contribution is 2.38. The van der Waals surface area contributed by atoms with Crippen LogP contribution in [0.4, 0.5) is 0 Å². The Bertz CT molecular complexity index is 591. The van der Waals surface area contributed by atoms with Gasteiger partial charge in [-0.15, -0.1) is 0 Å². The first-order chi connectivity index (χ1) is 10.3. The Morgan fingerprint density at radius 1 is 1.14 bits per heavy atom. The van der Waals surface area contributed by atoms with Crippen LogP contribution in [0.2, 0.25) is 0 Å². The largest absolute Gasteiger partial charge is 0.314 e. The lowest BCUT2D eigenvalue weighted by Gasteiger charge is -2.33. The molecule has 2 heteroatoms. The SMILES string of the molecule is CCNC(Cc1ccc(Br)cc1)CC1Cc2ccccc21. The Labute approximate surface area is 135 Å². The third-order valence-electron chi connectivity index (χ3n) is 4.42. The van der Waals surface area contributed by atoms with Gasteiger partial charge in [0.05, 0.1) is 0 Å². The van der Waals surface area contributed by atoms with Crippen molar-refractivity contribution in [2.45, 2.75) is 38.1 Å². The van der Waals surface area contributed by atoms with Gasteiger partial charge < -0.3 is 5.32 Å². The maximum absolute atomic E-state index is 3.66. The first-order valence-corrected chi connectivity index (χ1v) is 8.61. The predicted octanol–water partition coefficient (Wildman–Crippen LogP) is 4.70. The van der Waals surface area contributed by atoms with E-state index in [2.05, 4.69) is 76.7 Å². The van der Waals surface area contributed by atoms with Gasteiger partial charge in [0.25, 0.3) is 0 Å². The van der Waals surface area contributed by atoms with Crippen molar-refractivity contribution in [3.8, 4) is 0 Å². The number of likely N-dealkylation sites (N-methyl/N-ethyl adjacent to an activating group) is 1. The minimum absolute atomic E-state index is 0.564. The van der Waals surface area contributed by atoms with Gasteiger partial charge in [0.1, 0.15) is 0 Å². The first-order valence-electron chi connectivity index (χ1n) is 7.82. The first kappa shape index (κ1) is 14.8. The van der Waals surface area contributed by atoms with Crippen molar-refractivity contribution in [3.63, 3.8) is 0 Å². The smallest absolute Gasteiger partial charge is 0.0175 e. The summed E-state index contributed by atoms with van der Waals surface area (Å²) in [5, 5.41) is 3.66. The molecule has 2 unspecified atom stereocenters. The zero-order valence-corrected chi connectivity index (χ0v) is 14.1. The molecule has 21 heavy (non-hydrogen) atoms. The van der Waals surface area contributed by atoms with Crippen molar-refractivity contribution < 1.29 is 0 Å². The second-order valence-corrected chi connectivity index (χ2v) is 6.84. The fraction of sp³-hybridized carbons (Fsp3) is 0.368. The molecule has 2 aromatic rings. The molecule has 0 spiro atoms. The number of benzene rings is 2. The molecule has 2 atom stereocenters. The molecule has 0 aromatic heterocycles. The van der Waals surface area contributed by atoms with Gasteiger partial charge in [-0.2, -0.15) is 0 Å². The highest BCUT2D eigenvalue weighted by atomic mass is 79.9. The van der Waals surface area contributed by atoms with Crippen molar-refractivity contribution in [2.24, 2.45) is 0 Å². The number of hydrogen-bond donors (Lipinski definition) is 1. The van der Waals surface area contributed by atoms with E-state index < -0.39 is 0 Å². The van der Waals surface area contributed by atoms with Crippen molar-refractivity contribution in [2.75, 3.05) is 6.54 Å². The Balaban J connectivity index is 1.64. The highest BCUT2D eigenvalue weighted by Gasteiger charge is 2.27. The molecule has 110 valence electrons. The third-order valence-corrected chi connectivity index (χ3v) is 4.95. The van der Waals surface area contributed by atoms with Crippen LogP contribution in [0.25, 0.3) is 0 Å². The fourth-order valence-electron chi connectivity index (χ4n) is 3.35. The predicted molar refractivity (Wildman–Crippen MR) is 92.8 cm³/mol. The lowest BCUT2D eigenvalue weighted by molar-refractivity contribution is 0.422. The molecule has 0 amide bonds. The van der Waals surface area contributed by atoms with E-state index in [0.29, 0.717) is 6.04 Å². The number of fused-ring (bicyclic) bond motifs is 1. The van der Waals surface area contributed by atoms with Crippen molar-refractivity contribution >= 4 is 15.9 Å². The zero-order valence-electron chi connectivity index (χ0n) is 12.5. The molecule has 0 fully saturated rings. The van der Waals surface area contributed by atoms with Crippen LogP contribution in [0.5, 0.6) is 0 Å². The van der Waals surface area contributed by atoms with Gasteiger partial charge in [0.2, 0.25) is 0 Å². The number of rotatable bonds is 6. The Hall–Kier alpha value is -1.12. The van der Waals surface area contributed by atoms with E-state index in [0.717, 1.165) is 23.4 Å². The van der Waals surface area contributed by atoms with Gasteiger partial charge in [-0.1, -0.05) is 59.3 Å². The number of hydrogen-bond acceptors (Lipinski definition) is 1. The van der Waals surface area contributed by atoms with Crippen molar-refractivity contribution in [1.82, 2.24) is 5.32 Å². The van der Waals surface area contributed by atoms with Crippen molar-refractivity contribution in [1.29, 1.82) is 0 Å². The molecule has 1 nitrogen and oxygen atoms in total. The van der Waals surface area contributed by atoms with Gasteiger partial charge in [0, 0.05) is 10.5 Å². The molecular weight excluding hydrogens is 322 g/mol. The van der Waals surface area contributed by atoms with Crippen LogP contribution in [-0.2, 0) is 12.8 Å². The molecule has 0 saturated heterocycles. The van der Waals surface area contributed by atoms with E-state index in [4.69, 9.17) is 0 Å². The van der Waals surface area contributed by atoms with Crippen LogP contribution in [-0.4, -0.2) is 12.6 Å². The molecule has 1 aliphatic carbocycles. The monoisotopic (exact) mass is 343 g/mol. The van der Waals surface area contributed by atoms with Crippen LogP contribution in [0.3, 0.4) is 0 Å². The van der Waals surface area contributed by atoms with Gasteiger partial charge in [-0.05, 0) is 60.5 Å². The van der Waals surface area contributed by atoms with Crippen LogP contribution in [0.15, 0.2) is 53.0 Å². The molecule has 2 aromatic carbocycles. The average molecular weight is 344 g/mol. The Morgan fingerprint density at radius 3 is 2.62 bits per heavy atom. The average Bonchev–Trinajstić information content (AvgIpc) is 2.47. The summed E-state index contributed by atoms with van der Waals surface area (Å²) in [7, 11) is 0. The molecule has 1 N–H and O–H groups in total. The Morgan fingerprint density at radius 2 is 1.90 bits per heavy atom. The minimum Gasteiger partial charge on any atom is -0.314 e. The maximum Gasteiger partial charge on any atom is 0.0175 e. The zero-order chi connectivity index (χ0) is 14.7. The summed E-state index contributed by atoms with van der Waals surface area (Å²) in [6, 6.07) is 18.2. The number of nitrogens with one attached hydrogen (secondary N) is 1. The summed E-state index contributed by atoms with van der Waals surface area (Å²) in [6.07, 6.45) is 3.60. The summed E-state index contributed by atoms with van der Waals surface area (Å²) in [4.78, 5) is 0. The molecule has 0 aliphatic heterocycles.